The summed E-state index contributed by atoms with van der Waals surface area (Å²) in [4.78, 5) is 18.1. The molecule has 1 aliphatic rings. The van der Waals surface area contributed by atoms with Gasteiger partial charge in [-0.1, -0.05) is 57.2 Å². The average Bonchev–Trinajstić information content (AvgIpc) is 2.55. The summed E-state index contributed by atoms with van der Waals surface area (Å²) >= 11 is 0. The quantitative estimate of drug-likeness (QED) is 0.267. The van der Waals surface area contributed by atoms with Crippen LogP contribution in [-0.4, -0.2) is 12.4 Å². The number of hydrogen-bond donors (Lipinski definition) is 1. The Labute approximate surface area is 153 Å². The smallest absolute Gasteiger partial charge is 0.169 e. The molecule has 0 aliphatic heterocycles. The summed E-state index contributed by atoms with van der Waals surface area (Å²) in [6.07, 6.45) is 8.09. The van der Waals surface area contributed by atoms with Crippen molar-refractivity contribution in [2.24, 2.45) is 23.1 Å². The van der Waals surface area contributed by atoms with Gasteiger partial charge in [-0.3, -0.25) is 4.79 Å². The highest BCUT2D eigenvalue weighted by atomic mass is 16.6. The molecule has 140 valence electrons. The summed E-state index contributed by atoms with van der Waals surface area (Å²) in [6, 6.07) is 0. The van der Waals surface area contributed by atoms with E-state index in [4.69, 9.17) is 10.7 Å². The SMILES string of the molecule is C=C(C(=C)C(C)C)C(=O)C1(C)CC=C(CCC=C(C)C)CC1CON. The molecule has 2 N–H and O–H groups in total. The highest BCUT2D eigenvalue weighted by Crippen LogP contribution is 2.44. The Balaban J connectivity index is 2.97. The molecule has 0 amide bonds. The van der Waals surface area contributed by atoms with Gasteiger partial charge in [-0.15, -0.1) is 0 Å². The van der Waals surface area contributed by atoms with Crippen LogP contribution in [0.5, 0.6) is 0 Å². The Morgan fingerprint density at radius 1 is 1.44 bits per heavy atom. The molecule has 3 nitrogen and oxygen atoms in total. The number of carbonyl (C=O) groups excluding carboxylic acids is 1. The van der Waals surface area contributed by atoms with Crippen molar-refractivity contribution in [3.8, 4) is 0 Å². The van der Waals surface area contributed by atoms with Gasteiger partial charge in [0.25, 0.3) is 0 Å². The van der Waals surface area contributed by atoms with Crippen molar-refractivity contribution >= 4 is 5.78 Å². The van der Waals surface area contributed by atoms with Crippen LogP contribution in [0, 0.1) is 17.3 Å². The number of ketones is 1. The standard InChI is InChI=1S/C22H35NO2/c1-15(2)9-8-10-19-11-12-22(7,20(13-19)14-25-23)21(24)18(6)17(5)16(3)4/h9,11,16,20H,5-6,8,10,12-14,23H2,1-4,7H3. The minimum atomic E-state index is -0.533. The first kappa shape index (κ1) is 21.6. The van der Waals surface area contributed by atoms with E-state index in [1.165, 1.54) is 11.1 Å². The van der Waals surface area contributed by atoms with Gasteiger partial charge >= 0.3 is 0 Å². The molecule has 0 saturated carbocycles. The molecule has 1 rings (SSSR count). The fraction of sp³-hybridized carbons (Fsp3) is 0.591. The average molecular weight is 346 g/mol. The van der Waals surface area contributed by atoms with E-state index >= 15 is 0 Å². The lowest BCUT2D eigenvalue weighted by Gasteiger charge is -2.40. The van der Waals surface area contributed by atoms with E-state index in [2.05, 4.69) is 39.2 Å². The van der Waals surface area contributed by atoms with Crippen molar-refractivity contribution in [2.45, 2.75) is 60.3 Å². The van der Waals surface area contributed by atoms with E-state index in [0.717, 1.165) is 24.8 Å². The van der Waals surface area contributed by atoms with Crippen LogP contribution in [0.15, 0.2) is 47.6 Å². The molecular weight excluding hydrogens is 310 g/mol. The number of nitrogens with two attached hydrogens (primary N) is 1. The molecule has 25 heavy (non-hydrogen) atoms. The van der Waals surface area contributed by atoms with Gasteiger partial charge in [0.2, 0.25) is 0 Å². The molecule has 3 heteroatoms. The minimum absolute atomic E-state index is 0.0633. The van der Waals surface area contributed by atoms with Crippen molar-refractivity contribution in [1.82, 2.24) is 0 Å². The maximum Gasteiger partial charge on any atom is 0.169 e. The third kappa shape index (κ3) is 5.52. The molecule has 0 fully saturated rings. The van der Waals surface area contributed by atoms with Gasteiger partial charge in [-0.05, 0) is 51.0 Å². The van der Waals surface area contributed by atoms with Gasteiger partial charge in [0.15, 0.2) is 5.78 Å². The van der Waals surface area contributed by atoms with E-state index in [1.807, 2.05) is 20.8 Å². The summed E-state index contributed by atoms with van der Waals surface area (Å²) in [6.45, 7) is 18.8. The van der Waals surface area contributed by atoms with Crippen molar-refractivity contribution in [3.63, 3.8) is 0 Å². The molecule has 0 aromatic rings. The lowest BCUT2D eigenvalue weighted by Crippen LogP contribution is -2.42. The zero-order valence-electron chi connectivity index (χ0n) is 16.7. The molecular formula is C22H35NO2. The van der Waals surface area contributed by atoms with Crippen LogP contribution in [0.3, 0.4) is 0 Å². The second-order valence-corrected chi connectivity index (χ2v) is 8.03. The molecule has 0 bridgehead atoms. The van der Waals surface area contributed by atoms with Crippen molar-refractivity contribution < 1.29 is 9.63 Å². The number of hydrogen-bond acceptors (Lipinski definition) is 3. The van der Waals surface area contributed by atoms with Crippen LogP contribution in [0.2, 0.25) is 0 Å². The Hall–Kier alpha value is -1.45. The van der Waals surface area contributed by atoms with Gasteiger partial charge in [-0.25, -0.2) is 5.90 Å². The van der Waals surface area contributed by atoms with Crippen LogP contribution in [-0.2, 0) is 9.63 Å². The first-order valence-corrected chi connectivity index (χ1v) is 9.19. The van der Waals surface area contributed by atoms with E-state index in [9.17, 15) is 4.79 Å². The van der Waals surface area contributed by atoms with Crippen LogP contribution in [0.4, 0.5) is 0 Å². The normalized spacial score (nSPS) is 23.2. The Morgan fingerprint density at radius 3 is 2.60 bits per heavy atom. The molecule has 1 aliphatic carbocycles. The molecule has 0 saturated heterocycles. The largest absolute Gasteiger partial charge is 0.304 e. The molecule has 2 atom stereocenters. The van der Waals surface area contributed by atoms with Crippen molar-refractivity contribution in [1.29, 1.82) is 0 Å². The van der Waals surface area contributed by atoms with Gasteiger partial charge in [0, 0.05) is 16.9 Å². The predicted molar refractivity (Wildman–Crippen MR) is 106 cm³/mol. The topological polar surface area (TPSA) is 52.3 Å². The van der Waals surface area contributed by atoms with Gasteiger partial charge in [0.05, 0.1) is 6.61 Å². The summed E-state index contributed by atoms with van der Waals surface area (Å²) in [5.41, 5.74) is 3.55. The number of carbonyl (C=O) groups is 1. The third-order valence-corrected chi connectivity index (χ3v) is 5.42. The van der Waals surface area contributed by atoms with E-state index < -0.39 is 5.41 Å². The molecule has 0 spiro atoms. The second-order valence-electron chi connectivity index (χ2n) is 8.03. The summed E-state index contributed by atoms with van der Waals surface area (Å²) in [7, 11) is 0. The second kappa shape index (κ2) is 9.30. The minimum Gasteiger partial charge on any atom is -0.304 e. The van der Waals surface area contributed by atoms with E-state index in [0.29, 0.717) is 18.6 Å². The zero-order valence-corrected chi connectivity index (χ0v) is 16.7. The molecule has 2 unspecified atom stereocenters. The Kier molecular flexibility index (Phi) is 8.04. The summed E-state index contributed by atoms with van der Waals surface area (Å²) in [5.74, 6) is 5.72. The van der Waals surface area contributed by atoms with Gasteiger partial charge in [-0.2, -0.15) is 0 Å². The van der Waals surface area contributed by atoms with Crippen molar-refractivity contribution in [3.05, 3.63) is 47.6 Å². The maximum atomic E-state index is 13.2. The monoisotopic (exact) mass is 345 g/mol. The number of rotatable bonds is 9. The number of Topliss-reactive ketones (excluding diaryl/α,β-unsaturated/α-hetero) is 1. The van der Waals surface area contributed by atoms with Crippen LogP contribution >= 0.6 is 0 Å². The van der Waals surface area contributed by atoms with E-state index in [-0.39, 0.29) is 17.6 Å². The molecule has 0 aromatic heterocycles. The van der Waals surface area contributed by atoms with Crippen LogP contribution in [0.25, 0.3) is 0 Å². The maximum absolute atomic E-state index is 13.2. The molecule has 0 heterocycles. The van der Waals surface area contributed by atoms with Gasteiger partial charge < -0.3 is 4.84 Å². The lowest BCUT2D eigenvalue weighted by atomic mass is 9.63. The molecule has 0 radical (unpaired) electrons. The van der Waals surface area contributed by atoms with E-state index in [1.54, 1.807) is 0 Å². The fourth-order valence-electron chi connectivity index (χ4n) is 3.37. The van der Waals surface area contributed by atoms with Crippen LogP contribution < -0.4 is 5.90 Å². The Morgan fingerprint density at radius 2 is 2.08 bits per heavy atom. The lowest BCUT2D eigenvalue weighted by molar-refractivity contribution is -0.128. The first-order chi connectivity index (χ1) is 11.6. The van der Waals surface area contributed by atoms with Gasteiger partial charge in [0.1, 0.15) is 0 Å². The highest BCUT2D eigenvalue weighted by Gasteiger charge is 2.44. The zero-order chi connectivity index (χ0) is 19.2. The fourth-order valence-corrected chi connectivity index (χ4v) is 3.37. The predicted octanol–water partition coefficient (Wildman–Crippen LogP) is 5.30. The summed E-state index contributed by atoms with van der Waals surface area (Å²) < 4.78 is 0. The molecule has 0 aromatic carbocycles. The highest BCUT2D eigenvalue weighted by molar-refractivity contribution is 6.03. The Bertz CT molecular complexity index is 579. The summed E-state index contributed by atoms with van der Waals surface area (Å²) in [5, 5.41) is 0. The van der Waals surface area contributed by atoms with Crippen LogP contribution in [0.1, 0.15) is 60.3 Å². The number of allylic oxidation sites excluding steroid dienone is 6. The third-order valence-electron chi connectivity index (χ3n) is 5.42. The van der Waals surface area contributed by atoms with Crippen molar-refractivity contribution in [2.75, 3.05) is 6.61 Å². The first-order valence-electron chi connectivity index (χ1n) is 9.19.